The van der Waals surface area contributed by atoms with Gasteiger partial charge in [-0.2, -0.15) is 0 Å². The van der Waals surface area contributed by atoms with E-state index >= 15 is 0 Å². The Morgan fingerprint density at radius 1 is 1.17 bits per heavy atom. The molecule has 0 saturated heterocycles. The Hall–Kier alpha value is -1.18. The second-order valence-corrected chi connectivity index (χ2v) is 11.3. The molecular weight excluding hydrogens is 388 g/mol. The molecule has 6 nitrogen and oxygen atoms in total. The highest BCUT2D eigenvalue weighted by molar-refractivity contribution is 7.88. The third-order valence-corrected chi connectivity index (χ3v) is 7.99. The van der Waals surface area contributed by atoms with Crippen molar-refractivity contribution in [2.45, 2.75) is 77.0 Å². The van der Waals surface area contributed by atoms with Crippen LogP contribution in [0.25, 0.3) is 0 Å². The molecule has 1 aromatic heterocycles. The number of sulfonamides is 1. The SMILES string of the molecule is Cc1ccc2n(c1=O)C(COC1CCC([C@@H]3C[C@@H]3C)CC1)C(NS(C)(=O)=O)CC2. The second-order valence-electron chi connectivity index (χ2n) is 9.53. The van der Waals surface area contributed by atoms with Crippen molar-refractivity contribution >= 4 is 10.0 Å². The maximum Gasteiger partial charge on any atom is 0.254 e. The molecule has 162 valence electrons. The van der Waals surface area contributed by atoms with E-state index in [4.69, 9.17) is 4.74 Å². The van der Waals surface area contributed by atoms with E-state index in [-0.39, 0.29) is 23.7 Å². The Labute approximate surface area is 174 Å². The number of ether oxygens (including phenoxy) is 1. The first kappa shape index (κ1) is 21.1. The number of aryl methyl sites for hydroxylation is 2. The van der Waals surface area contributed by atoms with Gasteiger partial charge in [-0.15, -0.1) is 0 Å². The van der Waals surface area contributed by atoms with Crippen molar-refractivity contribution in [3.05, 3.63) is 33.7 Å². The van der Waals surface area contributed by atoms with Gasteiger partial charge in [0.2, 0.25) is 10.0 Å². The van der Waals surface area contributed by atoms with Crippen LogP contribution in [0.5, 0.6) is 0 Å². The minimum atomic E-state index is -3.36. The van der Waals surface area contributed by atoms with Crippen molar-refractivity contribution in [1.82, 2.24) is 9.29 Å². The highest BCUT2D eigenvalue weighted by Crippen LogP contribution is 2.49. The molecule has 2 fully saturated rings. The summed E-state index contributed by atoms with van der Waals surface area (Å²) in [5, 5.41) is 0. The summed E-state index contributed by atoms with van der Waals surface area (Å²) < 4.78 is 34.6. The van der Waals surface area contributed by atoms with Crippen LogP contribution in [-0.4, -0.2) is 38.0 Å². The molecule has 7 heteroatoms. The average Bonchev–Trinajstić information content (AvgIpc) is 3.40. The lowest BCUT2D eigenvalue weighted by molar-refractivity contribution is -0.00874. The summed E-state index contributed by atoms with van der Waals surface area (Å²) >= 11 is 0. The predicted molar refractivity (Wildman–Crippen MR) is 114 cm³/mol. The summed E-state index contributed by atoms with van der Waals surface area (Å²) in [6.07, 6.45) is 8.73. The van der Waals surface area contributed by atoms with E-state index in [1.165, 1.54) is 25.5 Å². The van der Waals surface area contributed by atoms with Crippen LogP contribution < -0.4 is 10.3 Å². The van der Waals surface area contributed by atoms with Crippen molar-refractivity contribution in [1.29, 1.82) is 0 Å². The van der Waals surface area contributed by atoms with Crippen LogP contribution in [-0.2, 0) is 21.2 Å². The average molecular weight is 423 g/mol. The number of hydrogen-bond donors (Lipinski definition) is 1. The molecule has 29 heavy (non-hydrogen) atoms. The van der Waals surface area contributed by atoms with E-state index in [9.17, 15) is 13.2 Å². The highest BCUT2D eigenvalue weighted by atomic mass is 32.2. The van der Waals surface area contributed by atoms with E-state index < -0.39 is 10.0 Å². The van der Waals surface area contributed by atoms with E-state index in [0.29, 0.717) is 25.0 Å². The Bertz CT molecular complexity index is 902. The van der Waals surface area contributed by atoms with Gasteiger partial charge >= 0.3 is 0 Å². The van der Waals surface area contributed by atoms with E-state index in [1.807, 2.05) is 12.1 Å². The van der Waals surface area contributed by atoms with Gasteiger partial charge in [-0.05, 0) is 75.7 Å². The molecule has 1 aromatic rings. The van der Waals surface area contributed by atoms with E-state index in [1.54, 1.807) is 11.5 Å². The molecule has 2 saturated carbocycles. The number of nitrogens with one attached hydrogen (secondary N) is 1. The van der Waals surface area contributed by atoms with Gasteiger partial charge in [-0.3, -0.25) is 4.79 Å². The first-order valence-corrected chi connectivity index (χ1v) is 12.9. The Kier molecular flexibility index (Phi) is 5.93. The summed E-state index contributed by atoms with van der Waals surface area (Å²) in [7, 11) is -3.36. The Morgan fingerprint density at radius 3 is 2.48 bits per heavy atom. The summed E-state index contributed by atoms with van der Waals surface area (Å²) in [4.78, 5) is 12.9. The van der Waals surface area contributed by atoms with Gasteiger partial charge in [0.05, 0.1) is 25.0 Å². The van der Waals surface area contributed by atoms with Crippen LogP contribution >= 0.6 is 0 Å². The highest BCUT2D eigenvalue weighted by Gasteiger charge is 2.41. The lowest BCUT2D eigenvalue weighted by atomic mass is 9.83. The van der Waals surface area contributed by atoms with Crippen molar-refractivity contribution in [3.8, 4) is 0 Å². The maximum atomic E-state index is 12.9. The molecule has 3 aliphatic rings. The zero-order valence-corrected chi connectivity index (χ0v) is 18.6. The Morgan fingerprint density at radius 2 is 1.86 bits per heavy atom. The summed E-state index contributed by atoms with van der Waals surface area (Å²) in [6, 6.07) is 3.22. The van der Waals surface area contributed by atoms with Crippen LogP contribution in [0.15, 0.2) is 16.9 Å². The molecule has 0 bridgehead atoms. The molecule has 0 aromatic carbocycles. The van der Waals surface area contributed by atoms with Gasteiger partial charge in [-0.25, -0.2) is 13.1 Å². The van der Waals surface area contributed by atoms with Gasteiger partial charge in [0.1, 0.15) is 0 Å². The quantitative estimate of drug-likeness (QED) is 0.765. The van der Waals surface area contributed by atoms with Crippen molar-refractivity contribution in [3.63, 3.8) is 0 Å². The summed E-state index contributed by atoms with van der Waals surface area (Å²) in [6.45, 7) is 4.53. The second kappa shape index (κ2) is 8.16. The molecule has 2 heterocycles. The van der Waals surface area contributed by atoms with Crippen LogP contribution in [0.4, 0.5) is 0 Å². The maximum absolute atomic E-state index is 12.9. The Balaban J connectivity index is 1.47. The van der Waals surface area contributed by atoms with Crippen molar-refractivity contribution in [2.75, 3.05) is 12.9 Å². The molecule has 0 radical (unpaired) electrons. The number of hydrogen-bond acceptors (Lipinski definition) is 4. The van der Waals surface area contributed by atoms with Gasteiger partial charge < -0.3 is 9.30 Å². The molecule has 0 spiro atoms. The third-order valence-electron chi connectivity index (χ3n) is 7.26. The molecule has 0 amide bonds. The standard InChI is InChI=1S/C22H34N2O4S/c1-14-4-7-17-8-11-20(23-29(3,26)27)21(24(17)22(14)25)13-28-18-9-5-16(6-10-18)19-12-15(19)2/h4,7,15-16,18-21,23H,5-6,8-13H2,1-3H3/t15-,16?,18?,19+,20?,21?/m0/s1. The minimum absolute atomic E-state index is 0.0393. The molecule has 2 aliphatic carbocycles. The van der Waals surface area contributed by atoms with E-state index in [2.05, 4.69) is 11.6 Å². The monoisotopic (exact) mass is 422 g/mol. The first-order chi connectivity index (χ1) is 13.7. The van der Waals surface area contributed by atoms with Gasteiger partial charge in [0, 0.05) is 17.3 Å². The fourth-order valence-corrected chi connectivity index (χ4v) is 6.29. The van der Waals surface area contributed by atoms with E-state index in [0.717, 1.165) is 36.3 Å². The van der Waals surface area contributed by atoms with Gasteiger partial charge in [0.25, 0.3) is 5.56 Å². The fourth-order valence-electron chi connectivity index (χ4n) is 5.47. The van der Waals surface area contributed by atoms with Crippen LogP contribution in [0.3, 0.4) is 0 Å². The minimum Gasteiger partial charge on any atom is -0.376 e. The molecule has 1 N–H and O–H groups in total. The lowest BCUT2D eigenvalue weighted by Gasteiger charge is -2.37. The number of nitrogens with zero attached hydrogens (tertiary/aromatic N) is 1. The topological polar surface area (TPSA) is 77.4 Å². The zero-order valence-electron chi connectivity index (χ0n) is 17.8. The van der Waals surface area contributed by atoms with Gasteiger partial charge in [-0.1, -0.05) is 13.0 Å². The molecule has 1 aliphatic heterocycles. The third kappa shape index (κ3) is 4.78. The van der Waals surface area contributed by atoms with Crippen LogP contribution in [0, 0.1) is 24.7 Å². The van der Waals surface area contributed by atoms with Crippen molar-refractivity contribution < 1.29 is 13.2 Å². The van der Waals surface area contributed by atoms with Crippen LogP contribution in [0.1, 0.15) is 62.7 Å². The molecule has 4 atom stereocenters. The normalized spacial score (nSPS) is 34.6. The number of rotatable bonds is 6. The van der Waals surface area contributed by atoms with Crippen molar-refractivity contribution in [2.24, 2.45) is 17.8 Å². The summed E-state index contributed by atoms with van der Waals surface area (Å²) in [5.41, 5.74) is 1.60. The van der Waals surface area contributed by atoms with Gasteiger partial charge in [0.15, 0.2) is 0 Å². The molecular formula is C22H34N2O4S. The predicted octanol–water partition coefficient (Wildman–Crippen LogP) is 2.79. The number of pyridine rings is 1. The number of aromatic nitrogens is 1. The lowest BCUT2D eigenvalue weighted by Crippen LogP contribution is -2.49. The number of fused-ring (bicyclic) bond motifs is 1. The van der Waals surface area contributed by atoms with Crippen LogP contribution in [0.2, 0.25) is 0 Å². The summed E-state index contributed by atoms with van der Waals surface area (Å²) in [5.74, 6) is 2.67. The first-order valence-electron chi connectivity index (χ1n) is 11.0. The zero-order chi connectivity index (χ0) is 20.8. The fraction of sp³-hybridized carbons (Fsp3) is 0.773. The smallest absolute Gasteiger partial charge is 0.254 e. The molecule has 4 rings (SSSR count). The largest absolute Gasteiger partial charge is 0.376 e. The molecule has 2 unspecified atom stereocenters.